The molecule has 0 radical (unpaired) electrons. The molecule has 22 heavy (non-hydrogen) atoms. The largest absolute Gasteiger partial charge is 0.497 e. The smallest absolute Gasteiger partial charge is 0.251 e. The molecule has 0 saturated carbocycles. The second-order valence-corrected chi connectivity index (χ2v) is 5.55. The Morgan fingerprint density at radius 1 is 1.23 bits per heavy atom. The first-order valence-corrected chi connectivity index (χ1v) is 7.32. The van der Waals surface area contributed by atoms with Gasteiger partial charge in [0.1, 0.15) is 11.5 Å². The lowest BCUT2D eigenvalue weighted by atomic mass is 9.81. The predicted octanol–water partition coefficient (Wildman–Crippen LogP) is 1.22. The Labute approximate surface area is 130 Å². The van der Waals surface area contributed by atoms with Crippen LogP contribution in [0.1, 0.15) is 23.2 Å². The zero-order chi connectivity index (χ0) is 16.0. The van der Waals surface area contributed by atoms with Crippen LogP contribution in [0.2, 0.25) is 0 Å². The third-order valence-corrected chi connectivity index (χ3v) is 4.13. The molecular weight excluding hydrogens is 286 g/mol. The summed E-state index contributed by atoms with van der Waals surface area (Å²) in [6.07, 6.45) is 1.48. The Balaban J connectivity index is 2.05. The van der Waals surface area contributed by atoms with Crippen LogP contribution in [0, 0.1) is 5.41 Å². The topological polar surface area (TPSA) is 77.0 Å². The standard InChI is InChI=1S/C16H23NO5/c1-20-13-7-12(8-14(9-13)21-2)15(19)17-10-16(11-18)3-5-22-6-4-16/h7-9,18H,3-6,10-11H2,1-2H3,(H,17,19). The van der Waals surface area contributed by atoms with Crippen LogP contribution < -0.4 is 14.8 Å². The highest BCUT2D eigenvalue weighted by molar-refractivity contribution is 5.95. The fraction of sp³-hybridized carbons (Fsp3) is 0.562. The first-order chi connectivity index (χ1) is 10.6. The van der Waals surface area contributed by atoms with Crippen molar-refractivity contribution in [2.45, 2.75) is 12.8 Å². The third-order valence-electron chi connectivity index (χ3n) is 4.13. The van der Waals surface area contributed by atoms with Gasteiger partial charge in [-0.15, -0.1) is 0 Å². The molecule has 1 saturated heterocycles. The van der Waals surface area contributed by atoms with E-state index in [0.717, 1.165) is 12.8 Å². The molecule has 1 amide bonds. The van der Waals surface area contributed by atoms with E-state index in [1.165, 1.54) is 0 Å². The van der Waals surface area contributed by atoms with Crippen LogP contribution in [-0.2, 0) is 4.74 Å². The molecule has 122 valence electrons. The van der Waals surface area contributed by atoms with Gasteiger partial charge in [-0.05, 0) is 25.0 Å². The average Bonchev–Trinajstić information content (AvgIpc) is 2.59. The Bertz CT molecular complexity index is 489. The summed E-state index contributed by atoms with van der Waals surface area (Å²) in [7, 11) is 3.08. The Morgan fingerprint density at radius 3 is 2.32 bits per heavy atom. The van der Waals surface area contributed by atoms with E-state index in [9.17, 15) is 9.90 Å². The Morgan fingerprint density at radius 2 is 1.82 bits per heavy atom. The number of methoxy groups -OCH3 is 2. The number of carbonyl (C=O) groups excluding carboxylic acids is 1. The van der Waals surface area contributed by atoms with Crippen LogP contribution in [-0.4, -0.2) is 51.6 Å². The second-order valence-electron chi connectivity index (χ2n) is 5.55. The minimum atomic E-state index is -0.295. The molecule has 1 aliphatic heterocycles. The fourth-order valence-corrected chi connectivity index (χ4v) is 2.50. The normalized spacial score (nSPS) is 16.9. The van der Waals surface area contributed by atoms with E-state index in [-0.39, 0.29) is 17.9 Å². The number of rotatable bonds is 6. The molecule has 0 bridgehead atoms. The highest BCUT2D eigenvalue weighted by atomic mass is 16.5. The van der Waals surface area contributed by atoms with Gasteiger partial charge in [0.05, 0.1) is 20.8 Å². The molecule has 1 aromatic carbocycles. The number of hydrogen-bond acceptors (Lipinski definition) is 5. The molecule has 0 aliphatic carbocycles. The molecule has 2 rings (SSSR count). The lowest BCUT2D eigenvalue weighted by molar-refractivity contribution is -0.0146. The van der Waals surface area contributed by atoms with Gasteiger partial charge in [0, 0.05) is 36.8 Å². The highest BCUT2D eigenvalue weighted by Crippen LogP contribution is 2.29. The first kappa shape index (κ1) is 16.6. The Kier molecular flexibility index (Phi) is 5.63. The summed E-state index contributed by atoms with van der Waals surface area (Å²) >= 11 is 0. The van der Waals surface area contributed by atoms with Crippen LogP contribution in [0.25, 0.3) is 0 Å². The summed E-state index contributed by atoms with van der Waals surface area (Å²) < 4.78 is 15.7. The minimum Gasteiger partial charge on any atom is -0.497 e. The molecule has 0 spiro atoms. The summed E-state index contributed by atoms with van der Waals surface area (Å²) in [5.41, 5.74) is 0.174. The van der Waals surface area contributed by atoms with Crippen molar-refractivity contribution in [1.29, 1.82) is 0 Å². The maximum Gasteiger partial charge on any atom is 0.251 e. The number of aliphatic hydroxyl groups is 1. The zero-order valence-corrected chi connectivity index (χ0v) is 13.1. The van der Waals surface area contributed by atoms with E-state index in [4.69, 9.17) is 14.2 Å². The van der Waals surface area contributed by atoms with Gasteiger partial charge in [0.15, 0.2) is 0 Å². The molecule has 1 aromatic rings. The maximum atomic E-state index is 12.3. The van der Waals surface area contributed by atoms with Crippen LogP contribution in [0.3, 0.4) is 0 Å². The third kappa shape index (κ3) is 3.90. The van der Waals surface area contributed by atoms with Gasteiger partial charge in [-0.2, -0.15) is 0 Å². The molecular formula is C16H23NO5. The molecule has 0 unspecified atom stereocenters. The summed E-state index contributed by atoms with van der Waals surface area (Å²) in [5.74, 6) is 0.913. The molecule has 1 aliphatic rings. The van der Waals surface area contributed by atoms with Crippen molar-refractivity contribution in [1.82, 2.24) is 5.32 Å². The highest BCUT2D eigenvalue weighted by Gasteiger charge is 2.32. The lowest BCUT2D eigenvalue weighted by Gasteiger charge is -2.35. The van der Waals surface area contributed by atoms with Crippen LogP contribution in [0.15, 0.2) is 18.2 Å². The first-order valence-electron chi connectivity index (χ1n) is 7.32. The van der Waals surface area contributed by atoms with E-state index in [1.807, 2.05) is 0 Å². The van der Waals surface area contributed by atoms with Crippen molar-refractivity contribution in [3.05, 3.63) is 23.8 Å². The second kappa shape index (κ2) is 7.47. The van der Waals surface area contributed by atoms with Crippen LogP contribution in [0.5, 0.6) is 11.5 Å². The van der Waals surface area contributed by atoms with Gasteiger partial charge < -0.3 is 24.6 Å². The molecule has 6 nitrogen and oxygen atoms in total. The molecule has 0 aromatic heterocycles. The van der Waals surface area contributed by atoms with Crippen molar-refractivity contribution in [2.24, 2.45) is 5.41 Å². The number of carbonyl (C=O) groups is 1. The maximum absolute atomic E-state index is 12.3. The van der Waals surface area contributed by atoms with E-state index in [1.54, 1.807) is 32.4 Å². The predicted molar refractivity (Wildman–Crippen MR) is 81.5 cm³/mol. The van der Waals surface area contributed by atoms with Gasteiger partial charge in [0.25, 0.3) is 5.91 Å². The summed E-state index contributed by atoms with van der Waals surface area (Å²) in [6, 6.07) is 5.03. The molecule has 2 N–H and O–H groups in total. The van der Waals surface area contributed by atoms with Gasteiger partial charge in [-0.3, -0.25) is 4.79 Å². The van der Waals surface area contributed by atoms with Crippen molar-refractivity contribution < 1.29 is 24.1 Å². The van der Waals surface area contributed by atoms with Crippen LogP contribution >= 0.6 is 0 Å². The summed E-state index contributed by atoms with van der Waals surface area (Å²) in [6.45, 7) is 1.69. The van der Waals surface area contributed by atoms with E-state index in [0.29, 0.717) is 36.8 Å². The van der Waals surface area contributed by atoms with Crippen molar-refractivity contribution in [2.75, 3.05) is 40.6 Å². The van der Waals surface area contributed by atoms with Gasteiger partial charge in [0.2, 0.25) is 0 Å². The zero-order valence-electron chi connectivity index (χ0n) is 13.1. The summed E-state index contributed by atoms with van der Waals surface area (Å²) in [5, 5.41) is 12.5. The van der Waals surface area contributed by atoms with Crippen molar-refractivity contribution in [3.63, 3.8) is 0 Å². The number of ether oxygens (including phenoxy) is 3. The molecule has 6 heteroatoms. The number of hydrogen-bond donors (Lipinski definition) is 2. The molecule has 1 heterocycles. The number of benzene rings is 1. The van der Waals surface area contributed by atoms with Crippen molar-refractivity contribution in [3.8, 4) is 11.5 Å². The van der Waals surface area contributed by atoms with E-state index >= 15 is 0 Å². The fourth-order valence-electron chi connectivity index (χ4n) is 2.50. The monoisotopic (exact) mass is 309 g/mol. The number of amides is 1. The minimum absolute atomic E-state index is 0.0398. The number of aliphatic hydroxyl groups excluding tert-OH is 1. The quantitative estimate of drug-likeness (QED) is 0.826. The van der Waals surface area contributed by atoms with Gasteiger partial charge >= 0.3 is 0 Å². The molecule has 0 atom stereocenters. The molecule has 1 fully saturated rings. The average molecular weight is 309 g/mol. The van der Waals surface area contributed by atoms with E-state index < -0.39 is 0 Å². The van der Waals surface area contributed by atoms with Gasteiger partial charge in [-0.1, -0.05) is 0 Å². The Hall–Kier alpha value is -1.79. The van der Waals surface area contributed by atoms with Crippen LogP contribution in [0.4, 0.5) is 0 Å². The SMILES string of the molecule is COc1cc(OC)cc(C(=O)NCC2(CO)CCOCC2)c1. The van der Waals surface area contributed by atoms with Crippen molar-refractivity contribution >= 4 is 5.91 Å². The lowest BCUT2D eigenvalue weighted by Crippen LogP contribution is -2.43. The summed E-state index contributed by atoms with van der Waals surface area (Å²) in [4.78, 5) is 12.3. The van der Waals surface area contributed by atoms with Gasteiger partial charge in [-0.25, -0.2) is 0 Å². The number of nitrogens with one attached hydrogen (secondary N) is 1. The van der Waals surface area contributed by atoms with E-state index in [2.05, 4.69) is 5.32 Å².